The standard InChI is InChI=1S/C15H23NO3S/c1-15(2,3)7-11(8-17)16-14(18)13-6-10-9-19-5-4-12(10)20-13/h6,11,17H,4-5,7-9H2,1-3H3,(H,16,18). The summed E-state index contributed by atoms with van der Waals surface area (Å²) in [6.45, 7) is 7.61. The monoisotopic (exact) mass is 297 g/mol. The molecule has 0 fully saturated rings. The SMILES string of the molecule is CC(C)(C)CC(CO)NC(=O)c1cc2c(s1)CCOC2. The Labute approximate surface area is 124 Å². The van der Waals surface area contributed by atoms with Gasteiger partial charge >= 0.3 is 0 Å². The molecule has 0 aliphatic carbocycles. The van der Waals surface area contributed by atoms with Crippen molar-refractivity contribution in [1.82, 2.24) is 5.32 Å². The first kappa shape index (κ1) is 15.5. The molecule has 1 aliphatic rings. The van der Waals surface area contributed by atoms with Crippen LogP contribution in [0.5, 0.6) is 0 Å². The maximum atomic E-state index is 12.3. The smallest absolute Gasteiger partial charge is 0.261 e. The van der Waals surface area contributed by atoms with E-state index in [1.165, 1.54) is 4.88 Å². The number of hydrogen-bond donors (Lipinski definition) is 2. The molecule has 1 aromatic heterocycles. The molecule has 1 unspecified atom stereocenters. The molecule has 5 heteroatoms. The molecule has 1 aliphatic heterocycles. The Morgan fingerprint density at radius 1 is 1.55 bits per heavy atom. The maximum absolute atomic E-state index is 12.3. The van der Waals surface area contributed by atoms with E-state index in [9.17, 15) is 9.90 Å². The van der Waals surface area contributed by atoms with E-state index in [0.29, 0.717) is 11.5 Å². The molecule has 2 N–H and O–H groups in total. The third kappa shape index (κ3) is 4.04. The highest BCUT2D eigenvalue weighted by Gasteiger charge is 2.22. The fourth-order valence-electron chi connectivity index (χ4n) is 2.42. The molecule has 0 saturated heterocycles. The second kappa shape index (κ2) is 6.24. The highest BCUT2D eigenvalue weighted by atomic mass is 32.1. The summed E-state index contributed by atoms with van der Waals surface area (Å²) in [5, 5.41) is 12.3. The summed E-state index contributed by atoms with van der Waals surface area (Å²) in [4.78, 5) is 14.2. The van der Waals surface area contributed by atoms with E-state index in [0.717, 1.165) is 25.0 Å². The van der Waals surface area contributed by atoms with Gasteiger partial charge in [0.05, 0.1) is 30.7 Å². The molecule has 0 bridgehead atoms. The van der Waals surface area contributed by atoms with Crippen molar-refractivity contribution in [2.75, 3.05) is 13.2 Å². The highest BCUT2D eigenvalue weighted by molar-refractivity contribution is 7.14. The molecule has 0 spiro atoms. The van der Waals surface area contributed by atoms with Gasteiger partial charge in [-0.1, -0.05) is 20.8 Å². The number of aliphatic hydroxyl groups is 1. The summed E-state index contributed by atoms with van der Waals surface area (Å²) in [6.07, 6.45) is 1.64. The van der Waals surface area contributed by atoms with Gasteiger partial charge in [-0.3, -0.25) is 4.79 Å². The van der Waals surface area contributed by atoms with Crippen molar-refractivity contribution in [3.8, 4) is 0 Å². The van der Waals surface area contributed by atoms with E-state index in [1.54, 1.807) is 11.3 Å². The van der Waals surface area contributed by atoms with Crippen LogP contribution in [-0.2, 0) is 17.8 Å². The number of carbonyl (C=O) groups is 1. The van der Waals surface area contributed by atoms with Gasteiger partial charge in [0.15, 0.2) is 0 Å². The van der Waals surface area contributed by atoms with Crippen LogP contribution in [0.2, 0.25) is 0 Å². The third-order valence-corrected chi connectivity index (χ3v) is 4.50. The Morgan fingerprint density at radius 2 is 2.30 bits per heavy atom. The summed E-state index contributed by atoms with van der Waals surface area (Å²) in [5.74, 6) is -0.0901. The molecule has 1 atom stereocenters. The first-order valence-corrected chi connectivity index (χ1v) is 7.82. The molecule has 20 heavy (non-hydrogen) atoms. The van der Waals surface area contributed by atoms with Crippen LogP contribution in [-0.4, -0.2) is 30.3 Å². The first-order valence-electron chi connectivity index (χ1n) is 7.00. The maximum Gasteiger partial charge on any atom is 0.261 e. The fourth-order valence-corrected chi connectivity index (χ4v) is 3.47. The van der Waals surface area contributed by atoms with Crippen molar-refractivity contribution in [2.24, 2.45) is 5.41 Å². The average molecular weight is 297 g/mol. The number of rotatable bonds is 4. The van der Waals surface area contributed by atoms with Gasteiger partial charge in [0.1, 0.15) is 0 Å². The van der Waals surface area contributed by atoms with Crippen molar-refractivity contribution in [3.05, 3.63) is 21.4 Å². The molecule has 112 valence electrons. The van der Waals surface area contributed by atoms with Crippen LogP contribution >= 0.6 is 11.3 Å². The quantitative estimate of drug-likeness (QED) is 0.897. The number of nitrogens with one attached hydrogen (secondary N) is 1. The summed E-state index contributed by atoms with van der Waals surface area (Å²) >= 11 is 1.54. The zero-order valence-corrected chi connectivity index (χ0v) is 13.2. The lowest BCUT2D eigenvalue weighted by Gasteiger charge is -2.25. The summed E-state index contributed by atoms with van der Waals surface area (Å²) in [7, 11) is 0. The summed E-state index contributed by atoms with van der Waals surface area (Å²) in [5.41, 5.74) is 1.20. The molecule has 0 saturated carbocycles. The predicted molar refractivity (Wildman–Crippen MR) is 80.1 cm³/mol. The first-order chi connectivity index (χ1) is 9.39. The number of hydrogen-bond acceptors (Lipinski definition) is 4. The van der Waals surface area contributed by atoms with Crippen LogP contribution in [0.1, 0.15) is 47.3 Å². The van der Waals surface area contributed by atoms with Gasteiger partial charge in [0.25, 0.3) is 5.91 Å². The van der Waals surface area contributed by atoms with E-state index < -0.39 is 0 Å². The molecule has 2 rings (SSSR count). The van der Waals surface area contributed by atoms with Crippen LogP contribution < -0.4 is 5.32 Å². The molecule has 1 amide bonds. The average Bonchev–Trinajstić information content (AvgIpc) is 2.80. The Bertz CT molecular complexity index is 452. The number of aliphatic hydroxyl groups excluding tert-OH is 1. The summed E-state index contributed by atoms with van der Waals surface area (Å²) < 4.78 is 5.39. The van der Waals surface area contributed by atoms with Gasteiger partial charge in [0.2, 0.25) is 0 Å². The minimum atomic E-state index is -0.196. The summed E-state index contributed by atoms with van der Waals surface area (Å²) in [6, 6.07) is 1.72. The number of amides is 1. The van der Waals surface area contributed by atoms with E-state index in [-0.39, 0.29) is 24.0 Å². The topological polar surface area (TPSA) is 58.6 Å². The third-order valence-electron chi connectivity index (χ3n) is 3.27. The van der Waals surface area contributed by atoms with Crippen molar-refractivity contribution >= 4 is 17.2 Å². The Hall–Kier alpha value is -0.910. The van der Waals surface area contributed by atoms with Crippen molar-refractivity contribution in [1.29, 1.82) is 0 Å². The van der Waals surface area contributed by atoms with Crippen molar-refractivity contribution in [2.45, 2.75) is 46.3 Å². The van der Waals surface area contributed by atoms with Gasteiger partial charge in [0, 0.05) is 11.3 Å². The van der Waals surface area contributed by atoms with Crippen LogP contribution in [0.15, 0.2) is 6.07 Å². The van der Waals surface area contributed by atoms with Crippen LogP contribution in [0.4, 0.5) is 0 Å². The van der Waals surface area contributed by atoms with Crippen LogP contribution in [0, 0.1) is 5.41 Å². The van der Waals surface area contributed by atoms with Gasteiger partial charge in [-0.05, 0) is 23.5 Å². The molecule has 1 aromatic rings. The fraction of sp³-hybridized carbons (Fsp3) is 0.667. The largest absolute Gasteiger partial charge is 0.394 e. The Balaban J connectivity index is 2.01. The number of carbonyl (C=O) groups excluding carboxylic acids is 1. The zero-order chi connectivity index (χ0) is 14.8. The molecule has 4 nitrogen and oxygen atoms in total. The highest BCUT2D eigenvalue weighted by Crippen LogP contribution is 2.27. The lowest BCUT2D eigenvalue weighted by atomic mass is 9.88. The van der Waals surface area contributed by atoms with Crippen LogP contribution in [0.3, 0.4) is 0 Å². The Morgan fingerprint density at radius 3 is 2.90 bits per heavy atom. The van der Waals surface area contributed by atoms with Crippen molar-refractivity contribution in [3.63, 3.8) is 0 Å². The van der Waals surface area contributed by atoms with Gasteiger partial charge < -0.3 is 15.2 Å². The lowest BCUT2D eigenvalue weighted by molar-refractivity contribution is 0.0901. The number of ether oxygens (including phenoxy) is 1. The van der Waals surface area contributed by atoms with E-state index in [4.69, 9.17) is 4.74 Å². The molecule has 2 heterocycles. The molecular weight excluding hydrogens is 274 g/mol. The van der Waals surface area contributed by atoms with Gasteiger partial charge in [-0.15, -0.1) is 11.3 Å². The van der Waals surface area contributed by atoms with E-state index in [1.807, 2.05) is 6.07 Å². The predicted octanol–water partition coefficient (Wildman–Crippen LogP) is 2.35. The zero-order valence-electron chi connectivity index (χ0n) is 12.4. The molecular formula is C15H23NO3S. The Kier molecular flexibility index (Phi) is 4.83. The van der Waals surface area contributed by atoms with Gasteiger partial charge in [-0.2, -0.15) is 0 Å². The minimum absolute atomic E-state index is 0.0305. The van der Waals surface area contributed by atoms with Gasteiger partial charge in [-0.25, -0.2) is 0 Å². The molecule has 0 radical (unpaired) electrons. The van der Waals surface area contributed by atoms with E-state index in [2.05, 4.69) is 26.1 Å². The molecule has 0 aromatic carbocycles. The normalized spacial score (nSPS) is 16.6. The number of thiophene rings is 1. The number of fused-ring (bicyclic) bond motifs is 1. The minimum Gasteiger partial charge on any atom is -0.394 e. The lowest BCUT2D eigenvalue weighted by Crippen LogP contribution is -2.39. The second-order valence-electron chi connectivity index (χ2n) is 6.48. The van der Waals surface area contributed by atoms with Crippen molar-refractivity contribution < 1.29 is 14.6 Å². The second-order valence-corrected chi connectivity index (χ2v) is 7.62. The van der Waals surface area contributed by atoms with E-state index >= 15 is 0 Å². The van der Waals surface area contributed by atoms with Crippen LogP contribution in [0.25, 0.3) is 0 Å².